The van der Waals surface area contributed by atoms with E-state index >= 15 is 0 Å². The molecule has 152 valence electrons. The van der Waals surface area contributed by atoms with Crippen molar-refractivity contribution in [1.82, 2.24) is 0 Å². The summed E-state index contributed by atoms with van der Waals surface area (Å²) < 4.78 is 6.37. The van der Waals surface area contributed by atoms with Gasteiger partial charge in [-0.2, -0.15) is 0 Å². The molecule has 4 rings (SSSR count). The van der Waals surface area contributed by atoms with Crippen molar-refractivity contribution in [2.75, 3.05) is 16.8 Å². The van der Waals surface area contributed by atoms with Gasteiger partial charge in [-0.15, -0.1) is 0 Å². The van der Waals surface area contributed by atoms with Gasteiger partial charge in [0.1, 0.15) is 0 Å². The Balaban J connectivity index is 1.78. The Labute approximate surface area is 170 Å². The van der Waals surface area contributed by atoms with Crippen molar-refractivity contribution in [2.45, 2.75) is 44.9 Å². The monoisotopic (exact) mass is 394 g/mol. The first kappa shape index (κ1) is 19.6. The molecule has 1 fully saturated rings. The molecule has 1 saturated heterocycles. The highest BCUT2D eigenvalue weighted by Crippen LogP contribution is 2.54. The fraction of sp³-hybridized carbons (Fsp3) is 0.391. The second kappa shape index (κ2) is 7.61. The van der Waals surface area contributed by atoms with Crippen LogP contribution in [0.5, 0.6) is 0 Å². The van der Waals surface area contributed by atoms with E-state index in [4.69, 9.17) is 4.74 Å². The van der Waals surface area contributed by atoms with Gasteiger partial charge in [0.15, 0.2) is 5.60 Å². The smallest absolute Gasteiger partial charge is 0.264 e. The lowest BCUT2D eigenvalue weighted by Crippen LogP contribution is -2.43. The molecule has 6 heteroatoms. The Bertz CT molecular complexity index is 930. The van der Waals surface area contributed by atoms with Crippen LogP contribution in [0.2, 0.25) is 0 Å². The minimum Gasteiger partial charge on any atom is -0.396 e. The van der Waals surface area contributed by atoms with E-state index in [9.17, 15) is 14.7 Å². The van der Waals surface area contributed by atoms with Gasteiger partial charge in [-0.3, -0.25) is 9.59 Å². The summed E-state index contributed by atoms with van der Waals surface area (Å²) in [7, 11) is 0. The number of fused-ring (bicyclic) bond motifs is 2. The molecular weight excluding hydrogens is 368 g/mol. The molecule has 6 nitrogen and oxygen atoms in total. The van der Waals surface area contributed by atoms with Crippen molar-refractivity contribution in [1.29, 1.82) is 0 Å². The largest absolute Gasteiger partial charge is 0.396 e. The standard InChI is InChI=1S/C23H26N2O4/c1-15-12-19(10-11-26)29-23(15)20-13-18(24-16(2)27)8-9-21(20)25(22(23)28)14-17-6-4-3-5-7-17/h3-9,13,15,19,26H,10-12,14H2,1-2H3,(H,24,27)/t15-,19+,23+/m0/s1. The number of ether oxygens (including phenoxy) is 1. The maximum Gasteiger partial charge on any atom is 0.264 e. The number of nitrogens with one attached hydrogen (secondary N) is 1. The van der Waals surface area contributed by atoms with Gasteiger partial charge in [0, 0.05) is 30.7 Å². The number of aliphatic hydroxyl groups excluding tert-OH is 1. The topological polar surface area (TPSA) is 78.9 Å². The molecule has 0 saturated carbocycles. The van der Waals surface area contributed by atoms with Crippen molar-refractivity contribution in [3.63, 3.8) is 0 Å². The Kier molecular flexibility index (Phi) is 5.15. The van der Waals surface area contributed by atoms with Crippen molar-refractivity contribution in [3.05, 3.63) is 59.7 Å². The highest BCUT2D eigenvalue weighted by Gasteiger charge is 2.60. The van der Waals surface area contributed by atoms with E-state index in [1.807, 2.05) is 55.5 Å². The molecule has 2 amide bonds. The van der Waals surface area contributed by atoms with E-state index in [1.165, 1.54) is 6.92 Å². The van der Waals surface area contributed by atoms with E-state index in [1.54, 1.807) is 4.90 Å². The molecule has 3 atom stereocenters. The second-order valence-corrected chi connectivity index (χ2v) is 7.91. The van der Waals surface area contributed by atoms with E-state index in [2.05, 4.69) is 5.32 Å². The van der Waals surface area contributed by atoms with E-state index in [0.717, 1.165) is 16.8 Å². The van der Waals surface area contributed by atoms with Crippen LogP contribution in [0.25, 0.3) is 0 Å². The maximum atomic E-state index is 13.7. The summed E-state index contributed by atoms with van der Waals surface area (Å²) in [5, 5.41) is 12.2. The highest BCUT2D eigenvalue weighted by atomic mass is 16.5. The summed E-state index contributed by atoms with van der Waals surface area (Å²) in [4.78, 5) is 27.1. The normalized spacial score (nSPS) is 25.5. The van der Waals surface area contributed by atoms with Gasteiger partial charge >= 0.3 is 0 Å². The van der Waals surface area contributed by atoms with Crippen LogP contribution >= 0.6 is 0 Å². The van der Waals surface area contributed by atoms with Crippen molar-refractivity contribution in [3.8, 4) is 0 Å². The van der Waals surface area contributed by atoms with E-state index < -0.39 is 5.60 Å². The third kappa shape index (κ3) is 3.32. The predicted octanol–water partition coefficient (Wildman–Crippen LogP) is 3.19. The molecule has 0 aliphatic carbocycles. The lowest BCUT2D eigenvalue weighted by atomic mass is 9.83. The van der Waals surface area contributed by atoms with Crippen LogP contribution in [-0.2, 0) is 26.5 Å². The molecular formula is C23H26N2O4. The molecule has 2 aromatic carbocycles. The Morgan fingerprint density at radius 1 is 1.28 bits per heavy atom. The lowest BCUT2D eigenvalue weighted by Gasteiger charge is -2.28. The van der Waals surface area contributed by atoms with Crippen LogP contribution in [0, 0.1) is 5.92 Å². The second-order valence-electron chi connectivity index (χ2n) is 7.91. The first-order chi connectivity index (χ1) is 14.0. The van der Waals surface area contributed by atoms with Crippen LogP contribution < -0.4 is 10.2 Å². The van der Waals surface area contributed by atoms with Gasteiger partial charge in [-0.1, -0.05) is 37.3 Å². The molecule has 2 aliphatic rings. The lowest BCUT2D eigenvalue weighted by molar-refractivity contribution is -0.146. The molecule has 2 heterocycles. The zero-order valence-corrected chi connectivity index (χ0v) is 16.7. The zero-order valence-electron chi connectivity index (χ0n) is 16.7. The highest BCUT2D eigenvalue weighted by molar-refractivity contribution is 6.08. The number of nitrogens with zero attached hydrogens (tertiary/aromatic N) is 1. The fourth-order valence-corrected chi connectivity index (χ4v) is 4.60. The number of amides is 2. The predicted molar refractivity (Wildman–Crippen MR) is 110 cm³/mol. The number of carbonyl (C=O) groups is 2. The zero-order chi connectivity index (χ0) is 20.6. The quantitative estimate of drug-likeness (QED) is 0.816. The number of rotatable bonds is 5. The van der Waals surface area contributed by atoms with E-state index in [-0.39, 0.29) is 30.4 Å². The number of hydrogen-bond donors (Lipinski definition) is 2. The minimum absolute atomic E-state index is 0.0220. The maximum absolute atomic E-state index is 13.7. The minimum atomic E-state index is -1.08. The van der Waals surface area contributed by atoms with Crippen LogP contribution in [-0.4, -0.2) is 29.6 Å². The van der Waals surface area contributed by atoms with Gasteiger partial charge in [0.05, 0.1) is 18.3 Å². The SMILES string of the molecule is CC(=O)Nc1ccc2c(c1)[C@@]1(O[C@H](CCO)C[C@@H]1C)C(=O)N2Cc1ccccc1. The van der Waals surface area contributed by atoms with Gasteiger partial charge in [0.25, 0.3) is 5.91 Å². The summed E-state index contributed by atoms with van der Waals surface area (Å²) in [5.74, 6) is -0.286. The third-order valence-electron chi connectivity index (χ3n) is 5.87. The molecule has 0 unspecified atom stereocenters. The number of benzene rings is 2. The van der Waals surface area contributed by atoms with Gasteiger partial charge in [0.2, 0.25) is 5.91 Å². The Hall–Kier alpha value is -2.70. The number of anilines is 2. The third-order valence-corrected chi connectivity index (χ3v) is 5.87. The van der Waals surface area contributed by atoms with Crippen LogP contribution in [0.4, 0.5) is 11.4 Å². The first-order valence-electron chi connectivity index (χ1n) is 10.0. The van der Waals surface area contributed by atoms with E-state index in [0.29, 0.717) is 25.1 Å². The van der Waals surface area contributed by atoms with Gasteiger partial charge < -0.3 is 20.1 Å². The summed E-state index contributed by atoms with van der Waals surface area (Å²) >= 11 is 0. The van der Waals surface area contributed by atoms with Crippen molar-refractivity contribution < 1.29 is 19.4 Å². The Morgan fingerprint density at radius 2 is 2.03 bits per heavy atom. The average Bonchev–Trinajstić information content (AvgIpc) is 3.13. The Morgan fingerprint density at radius 3 is 2.72 bits per heavy atom. The molecule has 29 heavy (non-hydrogen) atoms. The molecule has 2 aliphatic heterocycles. The van der Waals surface area contributed by atoms with Crippen LogP contribution in [0.3, 0.4) is 0 Å². The van der Waals surface area contributed by atoms with Crippen LogP contribution in [0.1, 0.15) is 37.8 Å². The van der Waals surface area contributed by atoms with Gasteiger partial charge in [-0.05, 0) is 36.6 Å². The fourth-order valence-electron chi connectivity index (χ4n) is 4.60. The van der Waals surface area contributed by atoms with Gasteiger partial charge in [-0.25, -0.2) is 0 Å². The number of hydrogen-bond acceptors (Lipinski definition) is 4. The van der Waals surface area contributed by atoms with Crippen molar-refractivity contribution >= 4 is 23.2 Å². The molecule has 0 aromatic heterocycles. The van der Waals surface area contributed by atoms with Crippen molar-refractivity contribution in [2.24, 2.45) is 5.92 Å². The molecule has 0 bridgehead atoms. The average molecular weight is 394 g/mol. The number of aliphatic hydroxyl groups is 1. The summed E-state index contributed by atoms with van der Waals surface area (Å²) in [6.45, 7) is 3.96. The molecule has 0 radical (unpaired) electrons. The molecule has 2 aromatic rings. The number of carbonyl (C=O) groups excluding carboxylic acids is 2. The molecule has 2 N–H and O–H groups in total. The summed E-state index contributed by atoms with van der Waals surface area (Å²) in [6.07, 6.45) is 1.03. The summed E-state index contributed by atoms with van der Waals surface area (Å²) in [6, 6.07) is 15.4. The van der Waals surface area contributed by atoms with Crippen LogP contribution in [0.15, 0.2) is 48.5 Å². The first-order valence-corrected chi connectivity index (χ1v) is 10.0. The summed E-state index contributed by atoms with van der Waals surface area (Å²) in [5.41, 5.74) is 2.19. The molecule has 1 spiro atoms.